The van der Waals surface area contributed by atoms with Crippen LogP contribution in [0.4, 0.5) is 16.2 Å². The highest BCUT2D eigenvalue weighted by atomic mass is 16.6. The van der Waals surface area contributed by atoms with Crippen molar-refractivity contribution in [1.82, 2.24) is 10.5 Å². The third-order valence-corrected chi connectivity index (χ3v) is 4.29. The summed E-state index contributed by atoms with van der Waals surface area (Å²) in [4.78, 5) is 25.0. The Labute approximate surface area is 158 Å². The SMILES string of the molecule is C=CC(=NCC1CN(c2ccc(N3C=NN(C)CC3)cc2)C(=O)O1)NOC. The molecule has 9 heteroatoms. The van der Waals surface area contributed by atoms with Crippen molar-refractivity contribution in [1.29, 1.82) is 0 Å². The number of benzene rings is 1. The number of carbonyl (C=O) groups is 1. The minimum Gasteiger partial charge on any atom is -0.442 e. The molecule has 0 aliphatic carbocycles. The molecule has 9 nitrogen and oxygen atoms in total. The number of nitrogens with one attached hydrogen (secondary N) is 1. The van der Waals surface area contributed by atoms with Crippen molar-refractivity contribution in [3.8, 4) is 0 Å². The van der Waals surface area contributed by atoms with Crippen molar-refractivity contribution < 1.29 is 14.4 Å². The summed E-state index contributed by atoms with van der Waals surface area (Å²) in [7, 11) is 3.44. The number of hydroxylamine groups is 1. The van der Waals surface area contributed by atoms with Crippen LogP contribution in [0.25, 0.3) is 0 Å². The molecule has 1 aromatic carbocycles. The van der Waals surface area contributed by atoms with Gasteiger partial charge in [-0.3, -0.25) is 19.7 Å². The van der Waals surface area contributed by atoms with Crippen LogP contribution >= 0.6 is 0 Å². The van der Waals surface area contributed by atoms with Crippen molar-refractivity contribution in [3.05, 3.63) is 36.9 Å². The largest absolute Gasteiger partial charge is 0.442 e. The molecule has 1 unspecified atom stereocenters. The van der Waals surface area contributed by atoms with Crippen LogP contribution in [-0.4, -0.2) is 69.7 Å². The second-order valence-corrected chi connectivity index (χ2v) is 6.17. The molecule has 0 saturated carbocycles. The minimum absolute atomic E-state index is 0.324. The number of anilines is 2. The Morgan fingerprint density at radius 3 is 2.78 bits per heavy atom. The van der Waals surface area contributed by atoms with Gasteiger partial charge in [0.15, 0.2) is 0 Å². The van der Waals surface area contributed by atoms with Crippen LogP contribution < -0.4 is 15.3 Å². The molecule has 2 aliphatic rings. The lowest BCUT2D eigenvalue weighted by Crippen LogP contribution is -2.36. The summed E-state index contributed by atoms with van der Waals surface area (Å²) in [5, 5.41) is 6.18. The fourth-order valence-corrected chi connectivity index (χ4v) is 2.81. The van der Waals surface area contributed by atoms with Crippen molar-refractivity contribution in [2.75, 3.05) is 50.1 Å². The maximum atomic E-state index is 12.2. The highest BCUT2D eigenvalue weighted by Crippen LogP contribution is 2.25. The van der Waals surface area contributed by atoms with E-state index in [1.165, 1.54) is 7.11 Å². The molecule has 1 fully saturated rings. The number of carbonyl (C=O) groups excluding carboxylic acids is 1. The first-order valence-electron chi connectivity index (χ1n) is 8.66. The van der Waals surface area contributed by atoms with Crippen LogP contribution in [-0.2, 0) is 9.57 Å². The summed E-state index contributed by atoms with van der Waals surface area (Å²) in [5.74, 6) is 0.491. The van der Waals surface area contributed by atoms with E-state index in [0.717, 1.165) is 24.5 Å². The van der Waals surface area contributed by atoms with E-state index in [0.29, 0.717) is 18.9 Å². The number of amides is 1. The van der Waals surface area contributed by atoms with E-state index >= 15 is 0 Å². The molecule has 1 N–H and O–H groups in total. The molecule has 0 radical (unpaired) electrons. The van der Waals surface area contributed by atoms with E-state index in [1.54, 1.807) is 11.0 Å². The predicted molar refractivity (Wildman–Crippen MR) is 105 cm³/mol. The van der Waals surface area contributed by atoms with Crippen LogP contribution in [0.5, 0.6) is 0 Å². The minimum atomic E-state index is -0.371. The lowest BCUT2D eigenvalue weighted by atomic mass is 10.2. The van der Waals surface area contributed by atoms with Crippen LogP contribution in [0.2, 0.25) is 0 Å². The van der Waals surface area contributed by atoms with E-state index in [9.17, 15) is 4.79 Å². The first-order chi connectivity index (χ1) is 13.1. The number of likely N-dealkylation sites (N-methyl/N-ethyl adjacent to an activating group) is 1. The van der Waals surface area contributed by atoms with Crippen LogP contribution in [0.3, 0.4) is 0 Å². The molecule has 2 heterocycles. The zero-order chi connectivity index (χ0) is 19.2. The summed E-state index contributed by atoms with van der Waals surface area (Å²) < 4.78 is 5.40. The van der Waals surface area contributed by atoms with Gasteiger partial charge in [-0.1, -0.05) is 6.58 Å². The maximum Gasteiger partial charge on any atom is 0.414 e. The van der Waals surface area contributed by atoms with Gasteiger partial charge in [0.25, 0.3) is 0 Å². The van der Waals surface area contributed by atoms with Crippen molar-refractivity contribution in [2.24, 2.45) is 10.1 Å². The summed E-state index contributed by atoms with van der Waals surface area (Å²) in [5.41, 5.74) is 4.43. The number of rotatable bonds is 6. The van der Waals surface area contributed by atoms with E-state index < -0.39 is 0 Å². The fourth-order valence-electron chi connectivity index (χ4n) is 2.81. The summed E-state index contributed by atoms with van der Waals surface area (Å²) in [6, 6.07) is 7.78. The molecule has 1 atom stereocenters. The number of hydrogen-bond acceptors (Lipinski definition) is 7. The van der Waals surface area contributed by atoms with Gasteiger partial charge in [0.2, 0.25) is 0 Å². The Hall–Kier alpha value is -3.07. The number of hydrogen-bond donors (Lipinski definition) is 1. The summed E-state index contributed by atoms with van der Waals surface area (Å²) in [6.07, 6.45) is 2.65. The van der Waals surface area contributed by atoms with Gasteiger partial charge in [0, 0.05) is 25.0 Å². The number of amidine groups is 1. The summed E-state index contributed by atoms with van der Waals surface area (Å²) >= 11 is 0. The average Bonchev–Trinajstić information content (AvgIpc) is 3.06. The van der Waals surface area contributed by atoms with Crippen molar-refractivity contribution in [3.63, 3.8) is 0 Å². The van der Waals surface area contributed by atoms with E-state index in [1.807, 2.05) is 42.7 Å². The van der Waals surface area contributed by atoms with Gasteiger partial charge in [0.05, 0.1) is 26.7 Å². The first-order valence-corrected chi connectivity index (χ1v) is 8.66. The standard InChI is InChI=1S/C18H24N6O3/c1-4-17(21-26-3)19-11-16-12-24(18(25)27-16)15-7-5-14(6-8-15)23-10-9-22(2)20-13-23/h4-8,13,16H,1,9-12H2,2-3H3,(H,19,21). The first kappa shape index (κ1) is 18.7. The Balaban J connectivity index is 1.62. The molecule has 1 saturated heterocycles. The van der Waals surface area contributed by atoms with Crippen LogP contribution in [0.15, 0.2) is 47.0 Å². The Kier molecular flexibility index (Phi) is 5.92. The maximum absolute atomic E-state index is 12.2. The van der Waals surface area contributed by atoms with Gasteiger partial charge >= 0.3 is 6.09 Å². The van der Waals surface area contributed by atoms with Crippen LogP contribution in [0, 0.1) is 0 Å². The lowest BCUT2D eigenvalue weighted by molar-refractivity contribution is 0.140. The highest BCUT2D eigenvalue weighted by Gasteiger charge is 2.32. The molecule has 0 aromatic heterocycles. The number of nitrogens with zero attached hydrogens (tertiary/aromatic N) is 5. The molecule has 144 valence electrons. The smallest absolute Gasteiger partial charge is 0.414 e. The molecular formula is C18H24N6O3. The van der Waals surface area contributed by atoms with Crippen molar-refractivity contribution >= 4 is 29.6 Å². The molecule has 2 aliphatic heterocycles. The van der Waals surface area contributed by atoms with E-state index in [-0.39, 0.29) is 12.2 Å². The normalized spacial score (nSPS) is 20.1. The zero-order valence-electron chi connectivity index (χ0n) is 15.5. The molecule has 0 spiro atoms. The topological polar surface area (TPSA) is 82.0 Å². The monoisotopic (exact) mass is 372 g/mol. The Bertz CT molecular complexity index is 733. The molecule has 1 aromatic rings. The van der Waals surface area contributed by atoms with Gasteiger partial charge in [-0.25, -0.2) is 10.3 Å². The Morgan fingerprint density at radius 2 is 2.15 bits per heavy atom. The fraction of sp³-hybridized carbons (Fsp3) is 0.389. The molecular weight excluding hydrogens is 348 g/mol. The number of cyclic esters (lactones) is 1. The summed E-state index contributed by atoms with van der Waals surface area (Å²) in [6.45, 7) is 6.15. The van der Waals surface area contributed by atoms with Crippen LogP contribution in [0.1, 0.15) is 0 Å². The second-order valence-electron chi connectivity index (χ2n) is 6.17. The van der Waals surface area contributed by atoms with Gasteiger partial charge < -0.3 is 9.64 Å². The molecule has 27 heavy (non-hydrogen) atoms. The average molecular weight is 372 g/mol. The number of aliphatic imine (C=N–C) groups is 1. The quantitative estimate of drug-likeness (QED) is 0.462. The molecule has 1 amide bonds. The zero-order valence-corrected chi connectivity index (χ0v) is 15.5. The predicted octanol–water partition coefficient (Wildman–Crippen LogP) is 1.44. The number of ether oxygens (including phenoxy) is 1. The molecule has 0 bridgehead atoms. The van der Waals surface area contributed by atoms with Gasteiger partial charge in [-0.2, -0.15) is 5.10 Å². The van der Waals surface area contributed by atoms with Gasteiger partial charge in [-0.15, -0.1) is 0 Å². The second kappa shape index (κ2) is 8.54. The lowest BCUT2D eigenvalue weighted by Gasteiger charge is -2.27. The van der Waals surface area contributed by atoms with E-state index in [2.05, 4.69) is 27.1 Å². The number of hydrazone groups is 1. The van der Waals surface area contributed by atoms with E-state index in [4.69, 9.17) is 9.57 Å². The van der Waals surface area contributed by atoms with Gasteiger partial charge in [-0.05, 0) is 30.3 Å². The van der Waals surface area contributed by atoms with Gasteiger partial charge in [0.1, 0.15) is 18.3 Å². The van der Waals surface area contributed by atoms with Crippen molar-refractivity contribution in [2.45, 2.75) is 6.10 Å². The highest BCUT2D eigenvalue weighted by molar-refractivity contribution is 5.92. The molecule has 3 rings (SSSR count). The third-order valence-electron chi connectivity index (χ3n) is 4.29. The Morgan fingerprint density at radius 1 is 1.41 bits per heavy atom. The third kappa shape index (κ3) is 4.56.